The van der Waals surface area contributed by atoms with Crippen molar-refractivity contribution >= 4 is 11.8 Å². The third-order valence-corrected chi connectivity index (χ3v) is 4.43. The minimum Gasteiger partial charge on any atom is -0.469 e. The molecule has 0 heterocycles. The van der Waals surface area contributed by atoms with Gasteiger partial charge in [0.15, 0.2) is 0 Å². The first-order chi connectivity index (χ1) is 7.69. The van der Waals surface area contributed by atoms with Crippen LogP contribution in [0.3, 0.4) is 0 Å². The van der Waals surface area contributed by atoms with Crippen molar-refractivity contribution in [3.63, 3.8) is 0 Å². The van der Waals surface area contributed by atoms with E-state index >= 15 is 0 Å². The van der Waals surface area contributed by atoms with E-state index < -0.39 is 0 Å². The van der Waals surface area contributed by atoms with Gasteiger partial charge in [0.2, 0.25) is 0 Å². The summed E-state index contributed by atoms with van der Waals surface area (Å²) in [7, 11) is 1.42. The van der Waals surface area contributed by atoms with Gasteiger partial charge in [0.25, 0.3) is 0 Å². The number of ketones is 1. The van der Waals surface area contributed by atoms with Crippen LogP contribution in [0.2, 0.25) is 0 Å². The minimum absolute atomic E-state index is 0.160. The molecule has 2 saturated carbocycles. The molecule has 0 N–H and O–H groups in total. The summed E-state index contributed by atoms with van der Waals surface area (Å²) in [6, 6.07) is 0. The van der Waals surface area contributed by atoms with Gasteiger partial charge in [-0.3, -0.25) is 9.59 Å². The molecule has 16 heavy (non-hydrogen) atoms. The normalized spacial score (nSPS) is 34.3. The molecule has 2 fully saturated rings. The molecule has 0 bridgehead atoms. The largest absolute Gasteiger partial charge is 0.469 e. The molecular weight excluding hydrogens is 204 g/mol. The third kappa shape index (κ3) is 1.87. The smallest absolute Gasteiger partial charge is 0.305 e. The molecule has 0 saturated heterocycles. The summed E-state index contributed by atoms with van der Waals surface area (Å²) in [6.45, 7) is 0. The predicted molar refractivity (Wildman–Crippen MR) is 59.9 cm³/mol. The molecule has 0 aromatic heterocycles. The highest BCUT2D eigenvalue weighted by atomic mass is 16.5. The molecule has 90 valence electrons. The fourth-order valence-electron chi connectivity index (χ4n) is 3.54. The summed E-state index contributed by atoms with van der Waals surface area (Å²) in [4.78, 5) is 23.5. The number of carbonyl (C=O) groups excluding carboxylic acids is 2. The molecular formula is C13H20O3. The van der Waals surface area contributed by atoms with Gasteiger partial charge in [-0.2, -0.15) is 0 Å². The highest BCUT2D eigenvalue weighted by Crippen LogP contribution is 2.52. The molecule has 0 aromatic carbocycles. The summed E-state index contributed by atoms with van der Waals surface area (Å²) >= 11 is 0. The van der Waals surface area contributed by atoms with Gasteiger partial charge in [0.05, 0.1) is 7.11 Å². The van der Waals surface area contributed by atoms with Crippen molar-refractivity contribution in [2.24, 2.45) is 11.3 Å². The van der Waals surface area contributed by atoms with Gasteiger partial charge in [-0.25, -0.2) is 0 Å². The monoisotopic (exact) mass is 224 g/mol. The summed E-state index contributed by atoms with van der Waals surface area (Å²) < 4.78 is 4.73. The van der Waals surface area contributed by atoms with Crippen molar-refractivity contribution in [1.29, 1.82) is 0 Å². The lowest BCUT2D eigenvalue weighted by molar-refractivity contribution is -0.144. The topological polar surface area (TPSA) is 43.4 Å². The van der Waals surface area contributed by atoms with Crippen molar-refractivity contribution in [2.45, 2.75) is 51.4 Å². The molecule has 3 heteroatoms. The molecule has 0 radical (unpaired) electrons. The zero-order chi connectivity index (χ0) is 11.6. The van der Waals surface area contributed by atoms with Crippen LogP contribution in [0.15, 0.2) is 0 Å². The van der Waals surface area contributed by atoms with Crippen LogP contribution in [0.4, 0.5) is 0 Å². The molecule has 2 atom stereocenters. The lowest BCUT2D eigenvalue weighted by Gasteiger charge is -2.37. The number of esters is 1. The van der Waals surface area contributed by atoms with Crippen LogP contribution in [0, 0.1) is 11.3 Å². The number of rotatable bonds is 2. The van der Waals surface area contributed by atoms with Gasteiger partial charge in [-0.05, 0) is 31.6 Å². The average molecular weight is 224 g/mol. The zero-order valence-corrected chi connectivity index (χ0v) is 9.96. The van der Waals surface area contributed by atoms with E-state index in [-0.39, 0.29) is 17.3 Å². The molecule has 1 spiro atoms. The standard InChI is InChI=1S/C13H20O3/c1-16-12(15)9-10-5-4-8-13(10)7-3-2-6-11(13)14/h10H,2-9H2,1H3/t10-,13-/m0/s1. The number of hydrogen-bond donors (Lipinski definition) is 0. The maximum Gasteiger partial charge on any atom is 0.305 e. The van der Waals surface area contributed by atoms with Gasteiger partial charge >= 0.3 is 5.97 Å². The van der Waals surface area contributed by atoms with Gasteiger partial charge in [-0.1, -0.05) is 12.8 Å². The van der Waals surface area contributed by atoms with Gasteiger partial charge in [-0.15, -0.1) is 0 Å². The van der Waals surface area contributed by atoms with Gasteiger partial charge in [0, 0.05) is 18.3 Å². The Morgan fingerprint density at radius 3 is 2.81 bits per heavy atom. The van der Waals surface area contributed by atoms with Crippen molar-refractivity contribution in [2.75, 3.05) is 7.11 Å². The Labute approximate surface area is 96.5 Å². The second kappa shape index (κ2) is 4.56. The quantitative estimate of drug-likeness (QED) is 0.677. The summed E-state index contributed by atoms with van der Waals surface area (Å²) in [5.74, 6) is 0.488. The fourth-order valence-corrected chi connectivity index (χ4v) is 3.54. The van der Waals surface area contributed by atoms with E-state index in [0.29, 0.717) is 12.2 Å². The van der Waals surface area contributed by atoms with E-state index in [1.807, 2.05) is 0 Å². The second-order valence-electron chi connectivity index (χ2n) is 5.16. The molecule has 2 aliphatic carbocycles. The Balaban J connectivity index is 2.11. The SMILES string of the molecule is COC(=O)C[C@@H]1CCC[C@@]12CCCCC2=O. The maximum absolute atomic E-state index is 12.1. The number of carbonyl (C=O) groups is 2. The van der Waals surface area contributed by atoms with Gasteiger partial charge < -0.3 is 4.74 Å². The molecule has 0 aliphatic heterocycles. The van der Waals surface area contributed by atoms with E-state index in [1.54, 1.807) is 0 Å². The van der Waals surface area contributed by atoms with Crippen LogP contribution < -0.4 is 0 Å². The van der Waals surface area contributed by atoms with Crippen LogP contribution in [0.5, 0.6) is 0 Å². The average Bonchev–Trinajstić information content (AvgIpc) is 2.67. The first kappa shape index (κ1) is 11.6. The molecule has 2 rings (SSSR count). The van der Waals surface area contributed by atoms with E-state index in [0.717, 1.165) is 44.9 Å². The van der Waals surface area contributed by atoms with Crippen molar-refractivity contribution in [3.05, 3.63) is 0 Å². The Bertz CT molecular complexity index is 298. The first-order valence-electron chi connectivity index (χ1n) is 6.29. The summed E-state index contributed by atoms with van der Waals surface area (Å²) in [5, 5.41) is 0. The molecule has 0 amide bonds. The molecule has 2 aliphatic rings. The van der Waals surface area contributed by atoms with Crippen molar-refractivity contribution in [1.82, 2.24) is 0 Å². The third-order valence-electron chi connectivity index (χ3n) is 4.43. The lowest BCUT2D eigenvalue weighted by Crippen LogP contribution is -2.38. The van der Waals surface area contributed by atoms with E-state index in [1.165, 1.54) is 7.11 Å². The Hall–Kier alpha value is -0.860. The zero-order valence-electron chi connectivity index (χ0n) is 9.96. The highest BCUT2D eigenvalue weighted by Gasteiger charge is 2.49. The number of Topliss-reactive ketones (excluding diaryl/α,β-unsaturated/α-hetero) is 1. The summed E-state index contributed by atoms with van der Waals surface area (Å²) in [5.41, 5.74) is -0.160. The Morgan fingerprint density at radius 2 is 2.12 bits per heavy atom. The lowest BCUT2D eigenvalue weighted by atomic mass is 9.66. The number of ether oxygens (including phenoxy) is 1. The second-order valence-corrected chi connectivity index (χ2v) is 5.16. The molecule has 3 nitrogen and oxygen atoms in total. The van der Waals surface area contributed by atoms with Crippen LogP contribution in [0.25, 0.3) is 0 Å². The van der Waals surface area contributed by atoms with Crippen LogP contribution >= 0.6 is 0 Å². The van der Waals surface area contributed by atoms with Crippen LogP contribution in [0.1, 0.15) is 51.4 Å². The summed E-state index contributed by atoms with van der Waals surface area (Å²) in [6.07, 6.45) is 7.42. The number of hydrogen-bond acceptors (Lipinski definition) is 3. The van der Waals surface area contributed by atoms with Crippen molar-refractivity contribution < 1.29 is 14.3 Å². The number of methoxy groups -OCH3 is 1. The van der Waals surface area contributed by atoms with Crippen LogP contribution in [-0.2, 0) is 14.3 Å². The molecule has 0 unspecified atom stereocenters. The van der Waals surface area contributed by atoms with E-state index in [4.69, 9.17) is 4.74 Å². The van der Waals surface area contributed by atoms with Crippen molar-refractivity contribution in [3.8, 4) is 0 Å². The minimum atomic E-state index is -0.162. The molecule has 0 aromatic rings. The Kier molecular flexibility index (Phi) is 3.31. The fraction of sp³-hybridized carbons (Fsp3) is 0.846. The maximum atomic E-state index is 12.1. The van der Waals surface area contributed by atoms with E-state index in [2.05, 4.69) is 0 Å². The van der Waals surface area contributed by atoms with Gasteiger partial charge in [0.1, 0.15) is 5.78 Å². The van der Waals surface area contributed by atoms with E-state index in [9.17, 15) is 9.59 Å². The predicted octanol–water partition coefficient (Wildman–Crippen LogP) is 2.48. The first-order valence-corrected chi connectivity index (χ1v) is 6.29. The Morgan fingerprint density at radius 1 is 1.38 bits per heavy atom. The van der Waals surface area contributed by atoms with Crippen LogP contribution in [-0.4, -0.2) is 18.9 Å². The highest BCUT2D eigenvalue weighted by molar-refractivity contribution is 5.86.